The highest BCUT2D eigenvalue weighted by Gasteiger charge is 2.47. The summed E-state index contributed by atoms with van der Waals surface area (Å²) in [4.78, 5) is 53.2. The first-order valence-electron chi connectivity index (χ1n) is 10.5. The standard InChI is InChI=1S/C24H27N3O5/c1-5-32-23(30)17-9-11-18(12-10-17)25-21(28)14-20-22(29)27(24(31)26(20)15(2)3)19-8-6-7-16(4)13-19/h6-13,15,20H,5,14H2,1-4H3,(H,25,28)/t20-/m1/s1. The molecular weight excluding hydrogens is 410 g/mol. The fourth-order valence-corrected chi connectivity index (χ4v) is 3.67. The number of anilines is 2. The molecule has 3 rings (SSSR count). The quantitative estimate of drug-likeness (QED) is 0.526. The smallest absolute Gasteiger partial charge is 0.338 e. The highest BCUT2D eigenvalue weighted by molar-refractivity contribution is 6.22. The number of imide groups is 1. The van der Waals surface area contributed by atoms with Crippen molar-refractivity contribution < 1.29 is 23.9 Å². The Morgan fingerprint density at radius 3 is 2.38 bits per heavy atom. The molecule has 1 fully saturated rings. The van der Waals surface area contributed by atoms with Gasteiger partial charge in [0.1, 0.15) is 6.04 Å². The number of carbonyl (C=O) groups excluding carboxylic acids is 4. The van der Waals surface area contributed by atoms with Crippen molar-refractivity contribution in [1.29, 1.82) is 0 Å². The molecule has 1 aliphatic rings. The van der Waals surface area contributed by atoms with Crippen LogP contribution in [-0.2, 0) is 14.3 Å². The number of esters is 1. The Morgan fingerprint density at radius 1 is 1.09 bits per heavy atom. The van der Waals surface area contributed by atoms with Crippen molar-refractivity contribution >= 4 is 35.2 Å². The number of hydrogen-bond donors (Lipinski definition) is 1. The monoisotopic (exact) mass is 437 g/mol. The molecular formula is C24H27N3O5. The number of benzene rings is 2. The Balaban J connectivity index is 1.74. The summed E-state index contributed by atoms with van der Waals surface area (Å²) in [6.45, 7) is 7.50. The summed E-state index contributed by atoms with van der Waals surface area (Å²) >= 11 is 0. The molecule has 1 aliphatic heterocycles. The van der Waals surface area contributed by atoms with Crippen LogP contribution in [0, 0.1) is 6.92 Å². The van der Waals surface area contributed by atoms with Crippen molar-refractivity contribution in [2.45, 2.75) is 46.2 Å². The number of nitrogens with zero attached hydrogens (tertiary/aromatic N) is 2. The van der Waals surface area contributed by atoms with E-state index in [0.717, 1.165) is 10.5 Å². The van der Waals surface area contributed by atoms with Gasteiger partial charge in [0.15, 0.2) is 0 Å². The average molecular weight is 437 g/mol. The van der Waals surface area contributed by atoms with Crippen LogP contribution in [0.5, 0.6) is 0 Å². The van der Waals surface area contributed by atoms with E-state index >= 15 is 0 Å². The maximum atomic E-state index is 13.1. The molecule has 8 nitrogen and oxygen atoms in total. The van der Waals surface area contributed by atoms with E-state index in [1.54, 1.807) is 49.4 Å². The first-order valence-corrected chi connectivity index (χ1v) is 10.5. The van der Waals surface area contributed by atoms with E-state index in [0.29, 0.717) is 16.9 Å². The van der Waals surface area contributed by atoms with Gasteiger partial charge in [-0.15, -0.1) is 0 Å². The van der Waals surface area contributed by atoms with E-state index in [1.807, 2.05) is 26.8 Å². The number of hydrogen-bond acceptors (Lipinski definition) is 5. The average Bonchev–Trinajstić information content (AvgIpc) is 2.98. The summed E-state index contributed by atoms with van der Waals surface area (Å²) in [5.41, 5.74) is 2.27. The number of amides is 4. The molecule has 32 heavy (non-hydrogen) atoms. The first kappa shape index (κ1) is 23.0. The lowest BCUT2D eigenvalue weighted by molar-refractivity contribution is -0.124. The van der Waals surface area contributed by atoms with Crippen LogP contribution < -0.4 is 10.2 Å². The highest BCUT2D eigenvalue weighted by atomic mass is 16.5. The minimum absolute atomic E-state index is 0.176. The lowest BCUT2D eigenvalue weighted by atomic mass is 10.1. The number of ether oxygens (including phenoxy) is 1. The predicted molar refractivity (Wildman–Crippen MR) is 120 cm³/mol. The number of rotatable bonds is 7. The Hall–Kier alpha value is -3.68. The second kappa shape index (κ2) is 9.64. The molecule has 1 saturated heterocycles. The molecule has 168 valence electrons. The number of carbonyl (C=O) groups is 4. The molecule has 0 aromatic heterocycles. The molecule has 1 heterocycles. The molecule has 2 aromatic rings. The Bertz CT molecular complexity index is 1030. The topological polar surface area (TPSA) is 96.0 Å². The van der Waals surface area contributed by atoms with Crippen LogP contribution in [0.2, 0.25) is 0 Å². The molecule has 0 aliphatic carbocycles. The molecule has 8 heteroatoms. The van der Waals surface area contributed by atoms with Crippen LogP contribution >= 0.6 is 0 Å². The zero-order chi connectivity index (χ0) is 23.4. The minimum atomic E-state index is -0.901. The number of nitrogens with one attached hydrogen (secondary N) is 1. The molecule has 1 atom stereocenters. The summed E-state index contributed by atoms with van der Waals surface area (Å²) in [6, 6.07) is 11.8. The van der Waals surface area contributed by atoms with Crippen LogP contribution in [0.15, 0.2) is 48.5 Å². The van der Waals surface area contributed by atoms with Gasteiger partial charge in [-0.1, -0.05) is 12.1 Å². The number of aryl methyl sites for hydroxylation is 1. The molecule has 0 radical (unpaired) electrons. The van der Waals surface area contributed by atoms with Gasteiger partial charge in [0, 0.05) is 11.7 Å². The third kappa shape index (κ3) is 4.80. The lowest BCUT2D eigenvalue weighted by Gasteiger charge is -2.25. The van der Waals surface area contributed by atoms with Gasteiger partial charge in [0.25, 0.3) is 5.91 Å². The van der Waals surface area contributed by atoms with Crippen molar-refractivity contribution in [2.75, 3.05) is 16.8 Å². The van der Waals surface area contributed by atoms with Gasteiger partial charge in [-0.3, -0.25) is 9.59 Å². The van der Waals surface area contributed by atoms with Gasteiger partial charge in [-0.05, 0) is 69.7 Å². The van der Waals surface area contributed by atoms with Crippen LogP contribution in [0.25, 0.3) is 0 Å². The van der Waals surface area contributed by atoms with Crippen LogP contribution in [0.4, 0.5) is 16.2 Å². The number of urea groups is 1. The zero-order valence-corrected chi connectivity index (χ0v) is 18.6. The summed E-state index contributed by atoms with van der Waals surface area (Å²) in [7, 11) is 0. The van der Waals surface area contributed by atoms with Gasteiger partial charge >= 0.3 is 12.0 Å². The maximum Gasteiger partial charge on any atom is 0.338 e. The lowest BCUT2D eigenvalue weighted by Crippen LogP contribution is -2.42. The Morgan fingerprint density at radius 2 is 1.78 bits per heavy atom. The van der Waals surface area contributed by atoms with Crippen molar-refractivity contribution in [2.24, 2.45) is 0 Å². The second-order valence-electron chi connectivity index (χ2n) is 7.86. The highest BCUT2D eigenvalue weighted by Crippen LogP contribution is 2.29. The van der Waals surface area contributed by atoms with E-state index in [1.165, 1.54) is 4.90 Å². The van der Waals surface area contributed by atoms with Crippen molar-refractivity contribution in [3.63, 3.8) is 0 Å². The largest absolute Gasteiger partial charge is 0.462 e. The van der Waals surface area contributed by atoms with Crippen molar-refractivity contribution in [3.05, 3.63) is 59.7 Å². The summed E-state index contributed by atoms with van der Waals surface area (Å²) in [5.74, 6) is -1.27. The maximum absolute atomic E-state index is 13.1. The van der Waals surface area contributed by atoms with Crippen LogP contribution in [-0.4, -0.2) is 47.4 Å². The summed E-state index contributed by atoms with van der Waals surface area (Å²) in [5, 5.41) is 2.73. The van der Waals surface area contributed by atoms with E-state index in [-0.39, 0.29) is 19.1 Å². The molecule has 1 N–H and O–H groups in total. The van der Waals surface area contributed by atoms with Gasteiger partial charge in [-0.25, -0.2) is 14.5 Å². The van der Waals surface area contributed by atoms with E-state index in [2.05, 4.69) is 5.32 Å². The minimum Gasteiger partial charge on any atom is -0.462 e. The van der Waals surface area contributed by atoms with Gasteiger partial charge in [0.2, 0.25) is 5.91 Å². The molecule has 0 spiro atoms. The first-order chi connectivity index (χ1) is 15.2. The van der Waals surface area contributed by atoms with E-state index in [9.17, 15) is 19.2 Å². The molecule has 0 saturated carbocycles. The summed E-state index contributed by atoms with van der Waals surface area (Å²) in [6.07, 6.45) is -0.176. The fraction of sp³-hybridized carbons (Fsp3) is 0.333. The third-order valence-corrected chi connectivity index (χ3v) is 5.13. The van der Waals surface area contributed by atoms with Crippen LogP contribution in [0.3, 0.4) is 0 Å². The van der Waals surface area contributed by atoms with E-state index < -0.39 is 29.9 Å². The van der Waals surface area contributed by atoms with Gasteiger partial charge < -0.3 is 15.0 Å². The predicted octanol–water partition coefficient (Wildman–Crippen LogP) is 3.75. The molecule has 0 unspecified atom stereocenters. The van der Waals surface area contributed by atoms with Crippen molar-refractivity contribution in [1.82, 2.24) is 4.90 Å². The molecule has 4 amide bonds. The zero-order valence-electron chi connectivity index (χ0n) is 18.6. The van der Waals surface area contributed by atoms with E-state index in [4.69, 9.17) is 4.74 Å². The van der Waals surface area contributed by atoms with Gasteiger partial charge in [0.05, 0.1) is 24.3 Å². The SMILES string of the molecule is CCOC(=O)c1ccc(NC(=O)C[C@@H]2C(=O)N(c3cccc(C)c3)C(=O)N2C(C)C)cc1. The third-order valence-electron chi connectivity index (χ3n) is 5.13. The van der Waals surface area contributed by atoms with Crippen LogP contribution in [0.1, 0.15) is 43.1 Å². The molecule has 0 bridgehead atoms. The fourth-order valence-electron chi connectivity index (χ4n) is 3.67. The van der Waals surface area contributed by atoms with Crippen molar-refractivity contribution in [3.8, 4) is 0 Å². The Kier molecular flexibility index (Phi) is 6.92. The Labute approximate surface area is 187 Å². The normalized spacial score (nSPS) is 16.0. The summed E-state index contributed by atoms with van der Waals surface area (Å²) < 4.78 is 4.94. The van der Waals surface area contributed by atoms with Gasteiger partial charge in [-0.2, -0.15) is 0 Å². The second-order valence-corrected chi connectivity index (χ2v) is 7.86. The molecule has 2 aromatic carbocycles.